The second-order valence-corrected chi connectivity index (χ2v) is 11.6. The summed E-state index contributed by atoms with van der Waals surface area (Å²) in [5, 5.41) is 9.29. The van der Waals surface area contributed by atoms with Gasteiger partial charge >= 0.3 is 6.18 Å². The number of halogens is 3. The van der Waals surface area contributed by atoms with Gasteiger partial charge in [-0.2, -0.15) is 13.2 Å². The Kier molecular flexibility index (Phi) is 7.54. The zero-order valence-corrected chi connectivity index (χ0v) is 22.3. The van der Waals surface area contributed by atoms with Crippen LogP contribution in [-0.2, 0) is 11.0 Å². The maximum atomic E-state index is 13.3. The van der Waals surface area contributed by atoms with Crippen molar-refractivity contribution < 1.29 is 22.8 Å². The van der Waals surface area contributed by atoms with Crippen LogP contribution in [0.2, 0.25) is 0 Å². The van der Waals surface area contributed by atoms with Gasteiger partial charge in [-0.15, -0.1) is 0 Å². The normalized spacial score (nSPS) is 23.9. The third kappa shape index (κ3) is 5.45. The molecular weight excluding hydrogens is 501 g/mol. The highest BCUT2D eigenvalue weighted by atomic mass is 32.2. The smallest absolute Gasteiger partial charge is 0.351 e. The van der Waals surface area contributed by atoms with Gasteiger partial charge in [0.25, 0.3) is 5.91 Å². The lowest BCUT2D eigenvalue weighted by atomic mass is 9.83. The van der Waals surface area contributed by atoms with Crippen molar-refractivity contribution in [3.8, 4) is 0 Å². The van der Waals surface area contributed by atoms with E-state index >= 15 is 0 Å². The summed E-state index contributed by atoms with van der Waals surface area (Å²) in [5.74, 6) is -0.302. The van der Waals surface area contributed by atoms with Gasteiger partial charge in [0, 0.05) is 24.1 Å². The number of nitrogens with one attached hydrogen (secondary N) is 3. The van der Waals surface area contributed by atoms with Gasteiger partial charge in [0.05, 0.1) is 22.4 Å². The first kappa shape index (κ1) is 27.3. The molecular formula is C27H33F3N4O2S. The maximum Gasteiger partial charge on any atom is 0.416 e. The minimum atomic E-state index is -4.51. The highest BCUT2D eigenvalue weighted by Gasteiger charge is 2.57. The Morgan fingerprint density at radius 1 is 1.16 bits per heavy atom. The molecule has 3 N–H and O–H groups in total. The first-order chi connectivity index (χ1) is 17.3. The van der Waals surface area contributed by atoms with E-state index in [4.69, 9.17) is 0 Å². The fourth-order valence-electron chi connectivity index (χ4n) is 5.27. The average Bonchev–Trinajstić information content (AvgIpc) is 3.19. The number of hydrogen-bond acceptors (Lipinski definition) is 5. The van der Waals surface area contributed by atoms with E-state index in [1.165, 1.54) is 30.8 Å². The maximum absolute atomic E-state index is 13.3. The fraction of sp³-hybridized carbons (Fsp3) is 0.481. The van der Waals surface area contributed by atoms with Gasteiger partial charge in [0.1, 0.15) is 0 Å². The summed E-state index contributed by atoms with van der Waals surface area (Å²) in [5.41, 5.74) is -0.387. The van der Waals surface area contributed by atoms with E-state index in [9.17, 15) is 22.8 Å². The highest BCUT2D eigenvalue weighted by Crippen LogP contribution is 2.54. The van der Waals surface area contributed by atoms with Crippen LogP contribution in [0.5, 0.6) is 0 Å². The lowest BCUT2D eigenvalue weighted by Gasteiger charge is -2.55. The molecule has 2 heterocycles. The van der Waals surface area contributed by atoms with Gasteiger partial charge in [-0.1, -0.05) is 44.2 Å². The molecule has 1 saturated heterocycles. The number of anilines is 2. The van der Waals surface area contributed by atoms with Crippen LogP contribution in [0.25, 0.3) is 0 Å². The molecule has 2 unspecified atom stereocenters. The molecule has 1 fully saturated rings. The molecule has 0 aliphatic carbocycles. The van der Waals surface area contributed by atoms with Crippen LogP contribution in [0.3, 0.4) is 0 Å². The summed E-state index contributed by atoms with van der Waals surface area (Å²) in [6.45, 7) is 9.73. The van der Waals surface area contributed by atoms with Crippen molar-refractivity contribution in [2.45, 2.75) is 68.6 Å². The number of thioether (sulfide) groups is 1. The van der Waals surface area contributed by atoms with Crippen molar-refractivity contribution in [3.05, 3.63) is 53.6 Å². The van der Waals surface area contributed by atoms with Gasteiger partial charge in [-0.05, 0) is 62.6 Å². The summed E-state index contributed by atoms with van der Waals surface area (Å²) in [6.07, 6.45) is -1.59. The minimum absolute atomic E-state index is 0.0542. The highest BCUT2D eigenvalue weighted by molar-refractivity contribution is 8.01. The van der Waals surface area contributed by atoms with Crippen LogP contribution in [0.15, 0.2) is 47.4 Å². The van der Waals surface area contributed by atoms with E-state index < -0.39 is 28.2 Å². The summed E-state index contributed by atoms with van der Waals surface area (Å²) in [4.78, 5) is 28.1. The number of nitrogens with zero attached hydrogens (tertiary/aromatic N) is 1. The molecule has 2 aromatic carbocycles. The monoisotopic (exact) mass is 534 g/mol. The van der Waals surface area contributed by atoms with Gasteiger partial charge in [0.15, 0.2) is 4.99 Å². The number of para-hydroxylation sites is 1. The third-order valence-electron chi connectivity index (χ3n) is 7.02. The molecule has 0 radical (unpaired) electrons. The van der Waals surface area contributed by atoms with Crippen molar-refractivity contribution in [2.24, 2.45) is 5.92 Å². The predicted octanol–water partition coefficient (Wildman–Crippen LogP) is 6.17. The molecule has 2 aliphatic heterocycles. The molecule has 10 heteroatoms. The number of hydrogen-bond donors (Lipinski definition) is 3. The SMILES string of the molecule is CC(=O)NC1(C2(C)CCCCN2CC(C)C)Nc2c(cccc2C(=O)Nc2cccc(C(F)(F)F)c2)S1. The quantitative estimate of drug-likeness (QED) is 0.414. The molecule has 0 spiro atoms. The molecule has 37 heavy (non-hydrogen) atoms. The van der Waals surface area contributed by atoms with Crippen LogP contribution in [0.1, 0.15) is 62.9 Å². The molecule has 2 atom stereocenters. The van der Waals surface area contributed by atoms with E-state index in [-0.39, 0.29) is 11.6 Å². The number of likely N-dealkylation sites (tertiary alicyclic amines) is 1. The first-order valence-electron chi connectivity index (χ1n) is 12.5. The molecule has 0 aromatic heterocycles. The van der Waals surface area contributed by atoms with E-state index in [2.05, 4.69) is 41.6 Å². The lowest BCUT2D eigenvalue weighted by molar-refractivity contribution is -0.137. The number of piperidine rings is 1. The minimum Gasteiger partial charge on any atom is -0.351 e. The van der Waals surface area contributed by atoms with E-state index in [0.29, 0.717) is 17.2 Å². The van der Waals surface area contributed by atoms with E-state index in [1.54, 1.807) is 12.1 Å². The molecule has 0 saturated carbocycles. The second-order valence-electron chi connectivity index (χ2n) is 10.4. The molecule has 6 nitrogen and oxygen atoms in total. The van der Waals surface area contributed by atoms with E-state index in [0.717, 1.165) is 49.4 Å². The van der Waals surface area contributed by atoms with Crippen molar-refractivity contribution >= 4 is 35.0 Å². The van der Waals surface area contributed by atoms with Gasteiger partial charge in [-0.25, -0.2) is 0 Å². The Morgan fingerprint density at radius 3 is 2.57 bits per heavy atom. The van der Waals surface area contributed by atoms with Gasteiger partial charge in [-0.3, -0.25) is 14.5 Å². The van der Waals surface area contributed by atoms with Crippen molar-refractivity contribution in [1.82, 2.24) is 10.2 Å². The predicted molar refractivity (Wildman–Crippen MR) is 141 cm³/mol. The molecule has 2 aliphatic rings. The van der Waals surface area contributed by atoms with E-state index in [1.807, 2.05) is 6.07 Å². The van der Waals surface area contributed by atoms with Crippen LogP contribution < -0.4 is 16.0 Å². The van der Waals surface area contributed by atoms with Gasteiger partial charge in [0.2, 0.25) is 5.91 Å². The molecule has 2 aromatic rings. The van der Waals surface area contributed by atoms with Crippen molar-refractivity contribution in [1.29, 1.82) is 0 Å². The molecule has 4 rings (SSSR count). The Balaban J connectivity index is 1.68. The number of fused-ring (bicyclic) bond motifs is 1. The zero-order chi connectivity index (χ0) is 27.0. The summed E-state index contributed by atoms with van der Waals surface area (Å²) >= 11 is 1.48. The number of benzene rings is 2. The first-order valence-corrected chi connectivity index (χ1v) is 13.3. The Labute approximate surface area is 219 Å². The van der Waals surface area contributed by atoms with Crippen LogP contribution in [0.4, 0.5) is 24.5 Å². The molecule has 200 valence electrons. The summed E-state index contributed by atoms with van der Waals surface area (Å²) in [7, 11) is 0. The van der Waals surface area contributed by atoms with Crippen LogP contribution >= 0.6 is 11.8 Å². The third-order valence-corrected chi connectivity index (χ3v) is 8.53. The number of alkyl halides is 3. The van der Waals surface area contributed by atoms with Crippen molar-refractivity contribution in [3.63, 3.8) is 0 Å². The van der Waals surface area contributed by atoms with Gasteiger partial charge < -0.3 is 16.0 Å². The van der Waals surface area contributed by atoms with Crippen molar-refractivity contribution in [2.75, 3.05) is 23.7 Å². The molecule has 0 bridgehead atoms. The number of amides is 2. The Hall–Kier alpha value is -2.72. The average molecular weight is 535 g/mol. The zero-order valence-electron chi connectivity index (χ0n) is 21.5. The van der Waals surface area contributed by atoms with Crippen LogP contribution in [0, 0.1) is 5.92 Å². The largest absolute Gasteiger partial charge is 0.416 e. The fourth-order valence-corrected chi connectivity index (χ4v) is 6.80. The second kappa shape index (κ2) is 10.2. The number of carbonyl (C=O) groups excluding carboxylic acids is 2. The summed E-state index contributed by atoms with van der Waals surface area (Å²) in [6, 6.07) is 9.82. The standard InChI is InChI=1S/C27H33F3N4O2S/c1-17(2)16-34-14-6-5-13-25(34,4)27(32-18(3)35)33-23-21(11-8-12-22(23)37-27)24(36)31-20-10-7-9-19(15-20)26(28,29)30/h7-12,15,17,33H,5-6,13-14,16H2,1-4H3,(H,31,36)(H,32,35). The van der Waals surface area contributed by atoms with Crippen LogP contribution in [-0.4, -0.2) is 40.3 Å². The topological polar surface area (TPSA) is 73.5 Å². The molecule has 2 amide bonds. The Morgan fingerprint density at radius 2 is 1.89 bits per heavy atom. The lowest BCUT2D eigenvalue weighted by Crippen LogP contribution is -2.71. The summed E-state index contributed by atoms with van der Waals surface area (Å²) < 4.78 is 39.5. The number of carbonyl (C=O) groups is 2. The Bertz CT molecular complexity index is 1190. The number of rotatable bonds is 6.